The Labute approximate surface area is 182 Å². The summed E-state index contributed by atoms with van der Waals surface area (Å²) in [4.78, 5) is 27.2. The molecular weight excluding hydrogens is 400 g/mol. The molecule has 0 atom stereocenters. The molecule has 0 bridgehead atoms. The number of rotatable bonds is 10. The smallest absolute Gasteiger partial charge is 0.251 e. The minimum Gasteiger partial charge on any atom is -0.493 e. The van der Waals surface area contributed by atoms with Gasteiger partial charge in [0.2, 0.25) is 12.7 Å². The summed E-state index contributed by atoms with van der Waals surface area (Å²) in [6.45, 7) is 2.70. The summed E-state index contributed by atoms with van der Waals surface area (Å²) in [6, 6.07) is 10.3. The molecule has 0 radical (unpaired) electrons. The second-order valence-electron chi connectivity index (χ2n) is 7.04. The maximum absolute atomic E-state index is 13.0. The number of nitrogens with zero attached hydrogens (tertiary/aromatic N) is 1. The van der Waals surface area contributed by atoms with Crippen molar-refractivity contribution in [2.45, 2.75) is 26.2 Å². The number of anilines is 1. The predicted octanol–water partition coefficient (Wildman–Crippen LogP) is 3.39. The van der Waals surface area contributed by atoms with E-state index in [9.17, 15) is 9.59 Å². The van der Waals surface area contributed by atoms with E-state index >= 15 is 0 Å². The molecule has 166 valence electrons. The second-order valence-corrected chi connectivity index (χ2v) is 7.04. The molecule has 2 aromatic rings. The SMILES string of the molecule is CCCCCN(C(=O)CNC(=O)c1ccc(OC)c(OC)c1)c1ccc2c(c1)OCO2. The average molecular weight is 428 g/mol. The lowest BCUT2D eigenvalue weighted by atomic mass is 10.2. The molecule has 0 spiro atoms. The van der Waals surface area contributed by atoms with E-state index in [1.807, 2.05) is 6.07 Å². The van der Waals surface area contributed by atoms with Crippen LogP contribution in [0.3, 0.4) is 0 Å². The fourth-order valence-electron chi connectivity index (χ4n) is 3.30. The van der Waals surface area contributed by atoms with E-state index in [0.717, 1.165) is 19.3 Å². The van der Waals surface area contributed by atoms with Gasteiger partial charge in [0.1, 0.15) is 0 Å². The number of carbonyl (C=O) groups excluding carboxylic acids is 2. The molecule has 0 saturated heterocycles. The number of carbonyl (C=O) groups is 2. The molecule has 1 N–H and O–H groups in total. The Kier molecular flexibility index (Phi) is 7.59. The molecular formula is C23H28N2O6. The monoisotopic (exact) mass is 428 g/mol. The summed E-state index contributed by atoms with van der Waals surface area (Å²) in [5.74, 6) is 1.67. The predicted molar refractivity (Wildman–Crippen MR) is 116 cm³/mol. The molecule has 0 unspecified atom stereocenters. The van der Waals surface area contributed by atoms with Crippen molar-refractivity contribution in [2.75, 3.05) is 39.0 Å². The minimum absolute atomic E-state index is 0.131. The van der Waals surface area contributed by atoms with Gasteiger partial charge in [-0.1, -0.05) is 19.8 Å². The summed E-state index contributed by atoms with van der Waals surface area (Å²) in [5.41, 5.74) is 1.09. The van der Waals surface area contributed by atoms with Gasteiger partial charge >= 0.3 is 0 Å². The molecule has 1 heterocycles. The van der Waals surface area contributed by atoms with Crippen molar-refractivity contribution in [2.24, 2.45) is 0 Å². The molecule has 8 nitrogen and oxygen atoms in total. The zero-order valence-electron chi connectivity index (χ0n) is 18.1. The summed E-state index contributed by atoms with van der Waals surface area (Å²) in [5, 5.41) is 2.70. The highest BCUT2D eigenvalue weighted by Crippen LogP contribution is 2.35. The first-order chi connectivity index (χ1) is 15.1. The quantitative estimate of drug-likeness (QED) is 0.584. The van der Waals surface area contributed by atoms with Gasteiger partial charge in [0, 0.05) is 23.9 Å². The lowest BCUT2D eigenvalue weighted by molar-refractivity contribution is -0.117. The van der Waals surface area contributed by atoms with Crippen LogP contribution in [0.5, 0.6) is 23.0 Å². The van der Waals surface area contributed by atoms with Gasteiger partial charge in [0.05, 0.1) is 20.8 Å². The van der Waals surface area contributed by atoms with Crippen LogP contribution in [-0.2, 0) is 4.79 Å². The van der Waals surface area contributed by atoms with Crippen LogP contribution in [0.2, 0.25) is 0 Å². The molecule has 2 amide bonds. The van der Waals surface area contributed by atoms with Gasteiger partial charge in [0.15, 0.2) is 23.0 Å². The summed E-state index contributed by atoms with van der Waals surface area (Å²) < 4.78 is 21.2. The number of unbranched alkanes of at least 4 members (excludes halogenated alkanes) is 2. The standard InChI is InChI=1S/C23H28N2O6/c1-4-5-6-11-25(17-8-10-19-21(13-17)31-15-30-19)22(26)14-24-23(27)16-7-9-18(28-2)20(12-16)29-3/h7-10,12-13H,4-6,11,14-15H2,1-3H3,(H,24,27). The number of amides is 2. The fraction of sp³-hybridized carbons (Fsp3) is 0.391. The van der Waals surface area contributed by atoms with Gasteiger partial charge < -0.3 is 29.2 Å². The molecule has 2 aromatic carbocycles. The third-order valence-corrected chi connectivity index (χ3v) is 5.00. The minimum atomic E-state index is -0.367. The molecule has 0 saturated carbocycles. The number of benzene rings is 2. The number of methoxy groups -OCH3 is 2. The van der Waals surface area contributed by atoms with Crippen LogP contribution >= 0.6 is 0 Å². The molecule has 0 aromatic heterocycles. The highest BCUT2D eigenvalue weighted by Gasteiger charge is 2.21. The van der Waals surface area contributed by atoms with Crippen molar-refractivity contribution >= 4 is 17.5 Å². The van der Waals surface area contributed by atoms with Gasteiger partial charge in [0.25, 0.3) is 5.91 Å². The van der Waals surface area contributed by atoms with Crippen molar-refractivity contribution in [3.8, 4) is 23.0 Å². The maximum atomic E-state index is 13.0. The number of hydrogen-bond donors (Lipinski definition) is 1. The van der Waals surface area contributed by atoms with Crippen molar-refractivity contribution < 1.29 is 28.5 Å². The van der Waals surface area contributed by atoms with Gasteiger partial charge in [-0.2, -0.15) is 0 Å². The Bertz CT molecular complexity index is 930. The van der Waals surface area contributed by atoms with Gasteiger partial charge in [-0.15, -0.1) is 0 Å². The second kappa shape index (κ2) is 10.6. The maximum Gasteiger partial charge on any atom is 0.251 e. The summed E-state index contributed by atoms with van der Waals surface area (Å²) in [6.07, 6.45) is 2.91. The Balaban J connectivity index is 1.69. The zero-order valence-corrected chi connectivity index (χ0v) is 18.1. The van der Waals surface area contributed by atoms with E-state index in [0.29, 0.717) is 40.8 Å². The van der Waals surface area contributed by atoms with Crippen LogP contribution in [0.15, 0.2) is 36.4 Å². The van der Waals surface area contributed by atoms with Gasteiger partial charge in [-0.05, 0) is 36.8 Å². The lowest BCUT2D eigenvalue weighted by Crippen LogP contribution is -2.40. The van der Waals surface area contributed by atoms with Crippen LogP contribution in [-0.4, -0.2) is 45.9 Å². The Morgan fingerprint density at radius 3 is 2.52 bits per heavy atom. The highest BCUT2D eigenvalue weighted by molar-refractivity contribution is 6.00. The average Bonchev–Trinajstić information content (AvgIpc) is 3.27. The molecule has 0 aliphatic carbocycles. The molecule has 8 heteroatoms. The Hall–Kier alpha value is -3.42. The van der Waals surface area contributed by atoms with Gasteiger partial charge in [-0.3, -0.25) is 9.59 Å². The lowest BCUT2D eigenvalue weighted by Gasteiger charge is -2.23. The van der Waals surface area contributed by atoms with Crippen LogP contribution in [0.4, 0.5) is 5.69 Å². The molecule has 1 aliphatic heterocycles. The van der Waals surface area contributed by atoms with Crippen molar-refractivity contribution in [3.05, 3.63) is 42.0 Å². The van der Waals surface area contributed by atoms with E-state index in [4.69, 9.17) is 18.9 Å². The Morgan fingerprint density at radius 1 is 1.00 bits per heavy atom. The topological polar surface area (TPSA) is 86.3 Å². The molecule has 31 heavy (non-hydrogen) atoms. The number of nitrogens with one attached hydrogen (secondary N) is 1. The number of ether oxygens (including phenoxy) is 4. The summed E-state index contributed by atoms with van der Waals surface area (Å²) >= 11 is 0. The van der Waals surface area contributed by atoms with Crippen LogP contribution in [0.1, 0.15) is 36.5 Å². The van der Waals surface area contributed by atoms with E-state index < -0.39 is 0 Å². The number of hydrogen-bond acceptors (Lipinski definition) is 6. The molecule has 0 fully saturated rings. The fourth-order valence-corrected chi connectivity index (χ4v) is 3.30. The third-order valence-electron chi connectivity index (χ3n) is 5.00. The zero-order chi connectivity index (χ0) is 22.2. The van der Waals surface area contributed by atoms with E-state index in [2.05, 4.69) is 12.2 Å². The normalized spacial score (nSPS) is 11.7. The van der Waals surface area contributed by atoms with Crippen molar-refractivity contribution in [1.82, 2.24) is 5.32 Å². The highest BCUT2D eigenvalue weighted by atomic mass is 16.7. The van der Waals surface area contributed by atoms with E-state index in [-0.39, 0.29) is 25.2 Å². The third kappa shape index (κ3) is 5.39. The van der Waals surface area contributed by atoms with Crippen molar-refractivity contribution in [1.29, 1.82) is 0 Å². The summed E-state index contributed by atoms with van der Waals surface area (Å²) in [7, 11) is 3.03. The van der Waals surface area contributed by atoms with Crippen LogP contribution in [0.25, 0.3) is 0 Å². The first-order valence-corrected chi connectivity index (χ1v) is 10.3. The Morgan fingerprint density at radius 2 is 1.77 bits per heavy atom. The van der Waals surface area contributed by atoms with Crippen LogP contribution in [0, 0.1) is 0 Å². The largest absolute Gasteiger partial charge is 0.493 e. The molecule has 1 aliphatic rings. The van der Waals surface area contributed by atoms with Gasteiger partial charge in [-0.25, -0.2) is 0 Å². The van der Waals surface area contributed by atoms with E-state index in [1.54, 1.807) is 35.2 Å². The van der Waals surface area contributed by atoms with Crippen molar-refractivity contribution in [3.63, 3.8) is 0 Å². The first-order valence-electron chi connectivity index (χ1n) is 10.3. The number of fused-ring (bicyclic) bond motifs is 1. The first kappa shape index (κ1) is 22.3. The van der Waals surface area contributed by atoms with E-state index in [1.165, 1.54) is 14.2 Å². The molecule has 3 rings (SSSR count). The van der Waals surface area contributed by atoms with Crippen LogP contribution < -0.4 is 29.2 Å².